The molecule has 0 aliphatic rings. The molecule has 0 unspecified atom stereocenters. The first kappa shape index (κ1) is 11.8. The Labute approximate surface area is 92.8 Å². The van der Waals surface area contributed by atoms with E-state index in [1.807, 2.05) is 12.1 Å². The van der Waals surface area contributed by atoms with Gasteiger partial charge in [-0.05, 0) is 43.0 Å². The van der Waals surface area contributed by atoms with E-state index in [0.717, 1.165) is 25.2 Å². The van der Waals surface area contributed by atoms with Gasteiger partial charge in [0.1, 0.15) is 5.75 Å². The van der Waals surface area contributed by atoms with Crippen LogP contribution >= 0.6 is 0 Å². The number of benzene rings is 1. The molecule has 0 fully saturated rings. The molecule has 0 saturated heterocycles. The van der Waals surface area contributed by atoms with E-state index < -0.39 is 0 Å². The largest absolute Gasteiger partial charge is 0.494 e. The van der Waals surface area contributed by atoms with Crippen LogP contribution in [0.1, 0.15) is 30.9 Å². The van der Waals surface area contributed by atoms with Gasteiger partial charge < -0.3 is 4.74 Å². The summed E-state index contributed by atoms with van der Waals surface area (Å²) in [6, 6.07) is 6.27. The number of hydrogen-bond acceptors (Lipinski definition) is 1. The third kappa shape index (κ3) is 3.78. The highest BCUT2D eigenvalue weighted by molar-refractivity contribution is 5.35. The van der Waals surface area contributed by atoms with Crippen LogP contribution in [0, 0.1) is 6.92 Å². The lowest BCUT2D eigenvalue weighted by Gasteiger charge is -2.08. The Balaban J connectivity index is 2.60. The number of unbranched alkanes of at least 4 members (excludes halogenated alkanes) is 1. The standard InChI is InChI=1S/C14H20O/c1-4-6-10-15-14-9-8-13(7-5-2)12(3)11-14/h5,8-9,11H,2,4,6-7,10H2,1,3H3. The molecule has 0 atom stereocenters. The van der Waals surface area contributed by atoms with Crippen LogP contribution < -0.4 is 4.74 Å². The van der Waals surface area contributed by atoms with Gasteiger partial charge in [0.25, 0.3) is 0 Å². The van der Waals surface area contributed by atoms with Crippen molar-refractivity contribution < 1.29 is 4.74 Å². The van der Waals surface area contributed by atoms with Crippen molar-refractivity contribution in [2.45, 2.75) is 33.1 Å². The van der Waals surface area contributed by atoms with Crippen LogP contribution in [0.4, 0.5) is 0 Å². The number of rotatable bonds is 6. The van der Waals surface area contributed by atoms with Crippen LogP contribution in [0.2, 0.25) is 0 Å². The Morgan fingerprint density at radius 1 is 1.40 bits per heavy atom. The average molecular weight is 204 g/mol. The van der Waals surface area contributed by atoms with Crippen molar-refractivity contribution in [3.8, 4) is 5.75 Å². The zero-order valence-corrected chi connectivity index (χ0v) is 9.75. The Kier molecular flexibility index (Phi) is 4.96. The lowest BCUT2D eigenvalue weighted by Crippen LogP contribution is -1.97. The fraction of sp³-hybridized carbons (Fsp3) is 0.429. The SMILES string of the molecule is C=CCc1ccc(OCCCC)cc1C. The summed E-state index contributed by atoms with van der Waals surface area (Å²) in [5.74, 6) is 0.980. The van der Waals surface area contributed by atoms with E-state index in [1.54, 1.807) is 0 Å². The molecule has 0 radical (unpaired) electrons. The third-order valence-electron chi connectivity index (χ3n) is 2.44. The van der Waals surface area contributed by atoms with E-state index in [0.29, 0.717) is 0 Å². The van der Waals surface area contributed by atoms with Crippen LogP contribution in [0.15, 0.2) is 30.9 Å². The first-order valence-corrected chi connectivity index (χ1v) is 5.61. The molecule has 0 bridgehead atoms. The molecule has 1 aromatic rings. The topological polar surface area (TPSA) is 9.23 Å². The summed E-state index contributed by atoms with van der Waals surface area (Å²) in [6.07, 6.45) is 5.15. The van der Waals surface area contributed by atoms with Crippen LogP contribution in [0.25, 0.3) is 0 Å². The number of aryl methyl sites for hydroxylation is 1. The maximum Gasteiger partial charge on any atom is 0.119 e. The highest BCUT2D eigenvalue weighted by Crippen LogP contribution is 2.18. The highest BCUT2D eigenvalue weighted by atomic mass is 16.5. The summed E-state index contributed by atoms with van der Waals surface area (Å²) in [4.78, 5) is 0. The molecule has 0 aliphatic heterocycles. The monoisotopic (exact) mass is 204 g/mol. The van der Waals surface area contributed by atoms with Crippen molar-refractivity contribution in [3.63, 3.8) is 0 Å². The van der Waals surface area contributed by atoms with Crippen molar-refractivity contribution in [2.24, 2.45) is 0 Å². The van der Waals surface area contributed by atoms with Crippen molar-refractivity contribution in [2.75, 3.05) is 6.61 Å². The number of hydrogen-bond donors (Lipinski definition) is 0. The van der Waals surface area contributed by atoms with Crippen molar-refractivity contribution >= 4 is 0 Å². The molecule has 1 aromatic carbocycles. The normalized spacial score (nSPS) is 10.0. The van der Waals surface area contributed by atoms with Crippen LogP contribution in [0.5, 0.6) is 5.75 Å². The van der Waals surface area contributed by atoms with Crippen molar-refractivity contribution in [3.05, 3.63) is 42.0 Å². The van der Waals surface area contributed by atoms with E-state index >= 15 is 0 Å². The first-order chi connectivity index (χ1) is 7.27. The van der Waals surface area contributed by atoms with Gasteiger partial charge in [0, 0.05) is 0 Å². The zero-order valence-electron chi connectivity index (χ0n) is 9.75. The van der Waals surface area contributed by atoms with Crippen LogP contribution in [-0.2, 0) is 6.42 Å². The molecule has 0 saturated carbocycles. The molecular weight excluding hydrogens is 184 g/mol. The molecule has 1 rings (SSSR count). The molecule has 0 aliphatic carbocycles. The molecule has 1 heteroatoms. The molecule has 0 N–H and O–H groups in total. The molecular formula is C14H20O. The van der Waals surface area contributed by atoms with Crippen molar-refractivity contribution in [1.82, 2.24) is 0 Å². The Bertz CT molecular complexity index is 315. The molecule has 0 heterocycles. The molecule has 0 amide bonds. The number of allylic oxidation sites excluding steroid dienone is 1. The Morgan fingerprint density at radius 3 is 2.80 bits per heavy atom. The molecule has 0 aromatic heterocycles. The maximum absolute atomic E-state index is 5.63. The first-order valence-electron chi connectivity index (χ1n) is 5.61. The fourth-order valence-corrected chi connectivity index (χ4v) is 1.48. The molecule has 0 spiro atoms. The van der Waals surface area contributed by atoms with Gasteiger partial charge in [-0.2, -0.15) is 0 Å². The summed E-state index contributed by atoms with van der Waals surface area (Å²) in [5, 5.41) is 0. The van der Waals surface area contributed by atoms with Gasteiger partial charge in [0.2, 0.25) is 0 Å². The zero-order chi connectivity index (χ0) is 11.1. The predicted octanol–water partition coefficient (Wildman–Crippen LogP) is 3.90. The number of ether oxygens (including phenoxy) is 1. The minimum absolute atomic E-state index is 0.816. The smallest absolute Gasteiger partial charge is 0.119 e. The van der Waals surface area contributed by atoms with Crippen molar-refractivity contribution in [1.29, 1.82) is 0 Å². The highest BCUT2D eigenvalue weighted by Gasteiger charge is 1.99. The van der Waals surface area contributed by atoms with E-state index in [9.17, 15) is 0 Å². The second kappa shape index (κ2) is 6.28. The summed E-state index contributed by atoms with van der Waals surface area (Å²) in [7, 11) is 0. The fourth-order valence-electron chi connectivity index (χ4n) is 1.48. The third-order valence-corrected chi connectivity index (χ3v) is 2.44. The summed E-state index contributed by atoms with van der Waals surface area (Å²) in [5.41, 5.74) is 2.61. The van der Waals surface area contributed by atoms with Gasteiger partial charge in [-0.1, -0.05) is 25.5 Å². The van der Waals surface area contributed by atoms with Gasteiger partial charge in [0.15, 0.2) is 0 Å². The Hall–Kier alpha value is -1.24. The molecule has 82 valence electrons. The minimum atomic E-state index is 0.816. The van der Waals surface area contributed by atoms with E-state index in [1.165, 1.54) is 17.5 Å². The lowest BCUT2D eigenvalue weighted by atomic mass is 10.1. The van der Waals surface area contributed by atoms with Crippen LogP contribution in [-0.4, -0.2) is 6.61 Å². The van der Waals surface area contributed by atoms with Gasteiger partial charge in [-0.15, -0.1) is 6.58 Å². The summed E-state index contributed by atoms with van der Waals surface area (Å²) in [6.45, 7) is 8.85. The summed E-state index contributed by atoms with van der Waals surface area (Å²) < 4.78 is 5.63. The van der Waals surface area contributed by atoms with Gasteiger partial charge in [-0.25, -0.2) is 0 Å². The second-order valence-electron chi connectivity index (χ2n) is 3.78. The van der Waals surface area contributed by atoms with Gasteiger partial charge >= 0.3 is 0 Å². The van der Waals surface area contributed by atoms with E-state index in [2.05, 4.69) is 32.6 Å². The van der Waals surface area contributed by atoms with E-state index in [4.69, 9.17) is 4.74 Å². The van der Waals surface area contributed by atoms with Gasteiger partial charge in [0.05, 0.1) is 6.61 Å². The molecule has 15 heavy (non-hydrogen) atoms. The predicted molar refractivity (Wildman–Crippen MR) is 65.5 cm³/mol. The van der Waals surface area contributed by atoms with E-state index in [-0.39, 0.29) is 0 Å². The average Bonchev–Trinajstić information content (AvgIpc) is 2.23. The van der Waals surface area contributed by atoms with Gasteiger partial charge in [-0.3, -0.25) is 0 Å². The summed E-state index contributed by atoms with van der Waals surface area (Å²) >= 11 is 0. The molecule has 1 nitrogen and oxygen atoms in total. The Morgan fingerprint density at radius 2 is 2.20 bits per heavy atom. The lowest BCUT2D eigenvalue weighted by molar-refractivity contribution is 0.309. The minimum Gasteiger partial charge on any atom is -0.494 e. The second-order valence-corrected chi connectivity index (χ2v) is 3.78. The maximum atomic E-state index is 5.63. The quantitative estimate of drug-likeness (QED) is 0.504. The van der Waals surface area contributed by atoms with Crippen LogP contribution in [0.3, 0.4) is 0 Å².